The van der Waals surface area contributed by atoms with Gasteiger partial charge in [0.05, 0.1) is 0 Å². The van der Waals surface area contributed by atoms with E-state index in [0.717, 1.165) is 10.9 Å². The Morgan fingerprint density at radius 2 is 2.19 bits per heavy atom. The van der Waals surface area contributed by atoms with Crippen molar-refractivity contribution in [1.82, 2.24) is 0 Å². The molecule has 2 unspecified atom stereocenters. The lowest BCUT2D eigenvalue weighted by Gasteiger charge is -2.16. The number of hydrogen-bond acceptors (Lipinski definition) is 1. The Kier molecular flexibility index (Phi) is 3.75. The van der Waals surface area contributed by atoms with E-state index < -0.39 is 0 Å². The van der Waals surface area contributed by atoms with Crippen molar-refractivity contribution in [2.45, 2.75) is 45.6 Å². The van der Waals surface area contributed by atoms with E-state index in [0.29, 0.717) is 6.04 Å². The Labute approximate surface area is 103 Å². The van der Waals surface area contributed by atoms with Gasteiger partial charge in [-0.15, -0.1) is 0 Å². The van der Waals surface area contributed by atoms with Gasteiger partial charge in [0, 0.05) is 16.8 Å². The third-order valence-corrected chi connectivity index (χ3v) is 3.90. The molecule has 2 heteroatoms. The van der Waals surface area contributed by atoms with Gasteiger partial charge < -0.3 is 5.32 Å². The van der Waals surface area contributed by atoms with Crippen molar-refractivity contribution in [2.75, 3.05) is 5.32 Å². The Morgan fingerprint density at radius 1 is 1.38 bits per heavy atom. The molecule has 88 valence electrons. The number of nitrogens with one attached hydrogen (secondary N) is 1. The largest absolute Gasteiger partial charge is 0.382 e. The smallest absolute Gasteiger partial charge is 0.0410 e. The molecular weight excluding hydrogens is 218 g/mol. The van der Waals surface area contributed by atoms with Gasteiger partial charge in [0.1, 0.15) is 0 Å². The van der Waals surface area contributed by atoms with Crippen molar-refractivity contribution >= 4 is 17.3 Å². The van der Waals surface area contributed by atoms with Crippen LogP contribution in [-0.4, -0.2) is 6.04 Å². The van der Waals surface area contributed by atoms with Gasteiger partial charge in [0.25, 0.3) is 0 Å². The fraction of sp³-hybridized carbons (Fsp3) is 0.571. The molecule has 0 radical (unpaired) electrons. The first-order chi connectivity index (χ1) is 7.69. The molecular formula is C14H20ClN. The van der Waals surface area contributed by atoms with Crippen LogP contribution in [0.5, 0.6) is 0 Å². The molecule has 1 aliphatic carbocycles. The predicted molar refractivity (Wildman–Crippen MR) is 71.2 cm³/mol. The fourth-order valence-electron chi connectivity index (χ4n) is 2.59. The first-order valence-electron chi connectivity index (χ1n) is 6.21. The van der Waals surface area contributed by atoms with Crippen molar-refractivity contribution < 1.29 is 0 Å². The minimum absolute atomic E-state index is 0.657. The van der Waals surface area contributed by atoms with Crippen LogP contribution in [0.25, 0.3) is 0 Å². The van der Waals surface area contributed by atoms with Gasteiger partial charge in [0.2, 0.25) is 0 Å². The minimum Gasteiger partial charge on any atom is -0.382 e. The maximum atomic E-state index is 5.95. The van der Waals surface area contributed by atoms with Crippen molar-refractivity contribution in [2.24, 2.45) is 5.92 Å². The molecule has 1 aromatic rings. The maximum absolute atomic E-state index is 5.95. The zero-order chi connectivity index (χ0) is 11.5. The van der Waals surface area contributed by atoms with Gasteiger partial charge in [-0.3, -0.25) is 0 Å². The van der Waals surface area contributed by atoms with Crippen LogP contribution in [0.1, 0.15) is 38.2 Å². The summed E-state index contributed by atoms with van der Waals surface area (Å²) in [4.78, 5) is 0. The van der Waals surface area contributed by atoms with Crippen molar-refractivity contribution in [3.8, 4) is 0 Å². The molecule has 1 saturated carbocycles. The molecule has 0 amide bonds. The summed E-state index contributed by atoms with van der Waals surface area (Å²) in [6, 6.07) is 6.74. The van der Waals surface area contributed by atoms with Crippen molar-refractivity contribution in [1.29, 1.82) is 0 Å². The van der Waals surface area contributed by atoms with Crippen LogP contribution in [0, 0.1) is 12.8 Å². The Morgan fingerprint density at radius 3 is 2.81 bits per heavy atom. The van der Waals surface area contributed by atoms with Gasteiger partial charge >= 0.3 is 0 Å². The second-order valence-corrected chi connectivity index (χ2v) is 5.32. The Balaban J connectivity index is 1.99. The topological polar surface area (TPSA) is 12.0 Å². The average molecular weight is 238 g/mol. The molecule has 1 N–H and O–H groups in total. The maximum Gasteiger partial charge on any atom is 0.0410 e. The number of benzene rings is 1. The summed E-state index contributed by atoms with van der Waals surface area (Å²) in [5.74, 6) is 0.921. The standard InChI is InChI=1S/C14H20ClN/c1-3-11-4-6-13(9-11)16-14-7-5-12(15)8-10(14)2/h5,7-8,11,13,16H,3-4,6,9H2,1-2H3. The molecule has 0 spiro atoms. The van der Waals surface area contributed by atoms with Gasteiger partial charge in [-0.1, -0.05) is 24.9 Å². The normalized spacial score (nSPS) is 24.7. The van der Waals surface area contributed by atoms with Gasteiger partial charge in [0.15, 0.2) is 0 Å². The molecule has 2 rings (SSSR count). The quantitative estimate of drug-likeness (QED) is 0.808. The summed E-state index contributed by atoms with van der Waals surface area (Å²) in [5, 5.41) is 4.46. The molecule has 1 nitrogen and oxygen atoms in total. The third kappa shape index (κ3) is 2.70. The first kappa shape index (κ1) is 11.8. The number of anilines is 1. The first-order valence-corrected chi connectivity index (χ1v) is 6.59. The van der Waals surface area contributed by atoms with E-state index in [1.54, 1.807) is 0 Å². The molecule has 0 heterocycles. The van der Waals surface area contributed by atoms with Crippen LogP contribution in [0.15, 0.2) is 18.2 Å². The van der Waals surface area contributed by atoms with Gasteiger partial charge in [-0.25, -0.2) is 0 Å². The molecule has 0 aromatic heterocycles. The van der Waals surface area contributed by atoms with E-state index >= 15 is 0 Å². The van der Waals surface area contributed by atoms with Crippen molar-refractivity contribution in [3.05, 3.63) is 28.8 Å². The van der Waals surface area contributed by atoms with Crippen LogP contribution in [0.2, 0.25) is 5.02 Å². The lowest BCUT2D eigenvalue weighted by molar-refractivity contribution is 0.525. The monoisotopic (exact) mass is 237 g/mol. The highest BCUT2D eigenvalue weighted by Crippen LogP contribution is 2.31. The zero-order valence-electron chi connectivity index (χ0n) is 10.1. The summed E-state index contributed by atoms with van der Waals surface area (Å²) in [7, 11) is 0. The Hall–Kier alpha value is -0.690. The SMILES string of the molecule is CCC1CCC(Nc2ccc(Cl)cc2C)C1. The molecule has 1 fully saturated rings. The lowest BCUT2D eigenvalue weighted by Crippen LogP contribution is -2.16. The summed E-state index contributed by atoms with van der Waals surface area (Å²) < 4.78 is 0. The molecule has 0 bridgehead atoms. The minimum atomic E-state index is 0.657. The van der Waals surface area contributed by atoms with E-state index in [-0.39, 0.29) is 0 Å². The molecule has 0 aliphatic heterocycles. The summed E-state index contributed by atoms with van der Waals surface area (Å²) in [6.45, 7) is 4.40. The summed E-state index contributed by atoms with van der Waals surface area (Å²) >= 11 is 5.95. The van der Waals surface area contributed by atoms with Gasteiger partial charge in [-0.05, 0) is 55.9 Å². The van der Waals surface area contributed by atoms with Crippen LogP contribution in [0.4, 0.5) is 5.69 Å². The number of halogens is 1. The highest BCUT2D eigenvalue weighted by Gasteiger charge is 2.23. The zero-order valence-corrected chi connectivity index (χ0v) is 10.8. The number of aryl methyl sites for hydroxylation is 1. The Bertz CT molecular complexity index is 362. The number of rotatable bonds is 3. The van der Waals surface area contributed by atoms with Crippen LogP contribution in [0.3, 0.4) is 0 Å². The van der Waals surface area contributed by atoms with Crippen LogP contribution < -0.4 is 5.32 Å². The molecule has 1 aromatic carbocycles. The third-order valence-electron chi connectivity index (χ3n) is 3.67. The molecule has 0 saturated heterocycles. The lowest BCUT2D eigenvalue weighted by atomic mass is 10.1. The van der Waals surface area contributed by atoms with E-state index in [2.05, 4.69) is 25.2 Å². The highest BCUT2D eigenvalue weighted by atomic mass is 35.5. The van der Waals surface area contributed by atoms with Crippen LogP contribution in [-0.2, 0) is 0 Å². The summed E-state index contributed by atoms with van der Waals surface area (Å²) in [6.07, 6.45) is 5.32. The molecule has 16 heavy (non-hydrogen) atoms. The van der Waals surface area contributed by atoms with E-state index in [9.17, 15) is 0 Å². The van der Waals surface area contributed by atoms with Gasteiger partial charge in [-0.2, -0.15) is 0 Å². The second kappa shape index (κ2) is 5.09. The number of hydrogen-bond donors (Lipinski definition) is 1. The second-order valence-electron chi connectivity index (χ2n) is 4.89. The van der Waals surface area contributed by atoms with Crippen LogP contribution >= 0.6 is 11.6 Å². The average Bonchev–Trinajstić information content (AvgIpc) is 2.70. The molecule has 2 atom stereocenters. The van der Waals surface area contributed by atoms with E-state index in [4.69, 9.17) is 11.6 Å². The van der Waals surface area contributed by atoms with E-state index in [1.165, 1.54) is 36.9 Å². The summed E-state index contributed by atoms with van der Waals surface area (Å²) in [5.41, 5.74) is 2.48. The fourth-order valence-corrected chi connectivity index (χ4v) is 2.81. The van der Waals surface area contributed by atoms with Crippen molar-refractivity contribution in [3.63, 3.8) is 0 Å². The van der Waals surface area contributed by atoms with E-state index in [1.807, 2.05) is 12.1 Å². The highest BCUT2D eigenvalue weighted by molar-refractivity contribution is 6.30. The predicted octanol–water partition coefficient (Wildman–Crippen LogP) is 4.64. The molecule has 1 aliphatic rings.